The standard InChI is InChI=1S/C27H26ClNO6S2/c28-20-7-2-1-5-18(20)14-36-15-22(30)21(13-26(31)32)29-27(33)25-11-9-19(37-25)6-3-4-17-8-10-23-24(12-17)35-16-34-23/h1-2,5,7-12,21H,3-4,6,13-16H2,(H,29,33)(H,31,32)/t21-/m0/s1. The number of ketones is 1. The van der Waals surface area contributed by atoms with Crippen LogP contribution in [-0.2, 0) is 28.2 Å². The van der Waals surface area contributed by atoms with Gasteiger partial charge in [0.05, 0.1) is 23.1 Å². The summed E-state index contributed by atoms with van der Waals surface area (Å²) in [6, 6.07) is 15.8. The maximum absolute atomic E-state index is 12.8. The van der Waals surface area contributed by atoms with E-state index in [1.54, 1.807) is 12.1 Å². The summed E-state index contributed by atoms with van der Waals surface area (Å²) in [5, 5.41) is 12.5. The van der Waals surface area contributed by atoms with Crippen LogP contribution < -0.4 is 14.8 Å². The summed E-state index contributed by atoms with van der Waals surface area (Å²) in [4.78, 5) is 38.4. The minimum absolute atomic E-state index is 0.0685. The number of hydrogen-bond acceptors (Lipinski definition) is 7. The fraction of sp³-hybridized carbons (Fsp3) is 0.296. The van der Waals surface area contributed by atoms with Crippen molar-refractivity contribution in [2.45, 2.75) is 37.5 Å². The number of carbonyl (C=O) groups excluding carboxylic acids is 2. The van der Waals surface area contributed by atoms with Gasteiger partial charge in [0, 0.05) is 15.7 Å². The zero-order valence-corrected chi connectivity index (χ0v) is 22.3. The van der Waals surface area contributed by atoms with Gasteiger partial charge in [-0.05, 0) is 60.7 Å². The van der Waals surface area contributed by atoms with Crippen LogP contribution in [0.1, 0.15) is 38.5 Å². The second kappa shape index (κ2) is 13.0. The van der Waals surface area contributed by atoms with Gasteiger partial charge in [0.25, 0.3) is 5.91 Å². The van der Waals surface area contributed by atoms with Crippen LogP contribution in [0.4, 0.5) is 0 Å². The molecule has 1 aromatic heterocycles. The van der Waals surface area contributed by atoms with Crippen molar-refractivity contribution < 1.29 is 29.0 Å². The number of amides is 1. The Kier molecular flexibility index (Phi) is 9.49. The van der Waals surface area contributed by atoms with Crippen molar-refractivity contribution in [2.24, 2.45) is 0 Å². The SMILES string of the molecule is O=C(O)C[C@H](NC(=O)c1ccc(CCCc2ccc3c(c2)OCO3)s1)C(=O)CSCc1ccccc1Cl. The zero-order chi connectivity index (χ0) is 26.2. The van der Waals surface area contributed by atoms with Gasteiger partial charge < -0.3 is 19.9 Å². The lowest BCUT2D eigenvalue weighted by atomic mass is 10.1. The molecule has 7 nitrogen and oxygen atoms in total. The van der Waals surface area contributed by atoms with Gasteiger partial charge >= 0.3 is 5.97 Å². The molecule has 2 N–H and O–H groups in total. The molecule has 1 amide bonds. The van der Waals surface area contributed by atoms with Gasteiger partial charge in [-0.1, -0.05) is 35.9 Å². The molecular weight excluding hydrogens is 534 g/mol. The highest BCUT2D eigenvalue weighted by Gasteiger charge is 2.25. The Bertz CT molecular complexity index is 1280. The average Bonchev–Trinajstić information content (AvgIpc) is 3.54. The van der Waals surface area contributed by atoms with E-state index < -0.39 is 24.3 Å². The van der Waals surface area contributed by atoms with Crippen molar-refractivity contribution in [2.75, 3.05) is 12.5 Å². The Morgan fingerprint density at radius 3 is 2.68 bits per heavy atom. The number of aliphatic carboxylic acids is 1. The van der Waals surface area contributed by atoms with E-state index in [4.69, 9.17) is 21.1 Å². The number of rotatable bonds is 13. The maximum Gasteiger partial charge on any atom is 0.305 e. The maximum atomic E-state index is 12.8. The van der Waals surface area contributed by atoms with Crippen LogP contribution in [0.15, 0.2) is 54.6 Å². The van der Waals surface area contributed by atoms with Gasteiger partial charge in [-0.25, -0.2) is 0 Å². The van der Waals surface area contributed by atoms with Gasteiger partial charge in [-0.2, -0.15) is 0 Å². The van der Waals surface area contributed by atoms with Crippen molar-refractivity contribution in [3.8, 4) is 11.5 Å². The van der Waals surface area contributed by atoms with E-state index in [0.717, 1.165) is 46.8 Å². The summed E-state index contributed by atoms with van der Waals surface area (Å²) >= 11 is 8.84. The molecule has 194 valence electrons. The lowest BCUT2D eigenvalue weighted by Gasteiger charge is -2.15. The summed E-state index contributed by atoms with van der Waals surface area (Å²) in [7, 11) is 0. The third-order valence-electron chi connectivity index (χ3n) is 5.74. The van der Waals surface area contributed by atoms with Crippen LogP contribution in [0.3, 0.4) is 0 Å². The molecule has 0 unspecified atom stereocenters. The zero-order valence-electron chi connectivity index (χ0n) is 19.9. The molecule has 1 aliphatic heterocycles. The number of carbonyl (C=O) groups is 3. The molecule has 0 radical (unpaired) electrons. The highest BCUT2D eigenvalue weighted by molar-refractivity contribution is 7.99. The fourth-order valence-electron chi connectivity index (χ4n) is 3.82. The molecule has 2 aromatic carbocycles. The molecule has 0 spiro atoms. The number of aryl methyl sites for hydroxylation is 2. The highest BCUT2D eigenvalue weighted by atomic mass is 35.5. The van der Waals surface area contributed by atoms with Crippen molar-refractivity contribution in [3.63, 3.8) is 0 Å². The second-order valence-corrected chi connectivity index (χ2v) is 11.0. The number of halogens is 1. The van der Waals surface area contributed by atoms with Crippen LogP contribution >= 0.6 is 34.7 Å². The number of carboxylic acid groups (broad SMARTS) is 1. The summed E-state index contributed by atoms with van der Waals surface area (Å²) in [6.07, 6.45) is 2.08. The third kappa shape index (κ3) is 7.74. The number of benzene rings is 2. The van der Waals surface area contributed by atoms with Gasteiger partial charge in [-0.3, -0.25) is 14.4 Å². The minimum Gasteiger partial charge on any atom is -0.481 e. The molecular formula is C27H26ClNO6S2. The van der Waals surface area contributed by atoms with Gasteiger partial charge in [-0.15, -0.1) is 23.1 Å². The molecule has 0 saturated carbocycles. The minimum atomic E-state index is -1.15. The van der Waals surface area contributed by atoms with E-state index in [9.17, 15) is 19.5 Å². The summed E-state index contributed by atoms with van der Waals surface area (Å²) in [5.74, 6) is 0.177. The Labute approximate surface area is 228 Å². The molecule has 2 heterocycles. The van der Waals surface area contributed by atoms with Crippen molar-refractivity contribution in [1.29, 1.82) is 0 Å². The van der Waals surface area contributed by atoms with Crippen LogP contribution in [0.25, 0.3) is 0 Å². The first-order valence-electron chi connectivity index (χ1n) is 11.7. The largest absolute Gasteiger partial charge is 0.481 e. The van der Waals surface area contributed by atoms with Gasteiger partial charge in [0.1, 0.15) is 0 Å². The topological polar surface area (TPSA) is 102 Å². The van der Waals surface area contributed by atoms with Crippen molar-refractivity contribution in [1.82, 2.24) is 5.32 Å². The Morgan fingerprint density at radius 1 is 1.05 bits per heavy atom. The van der Waals surface area contributed by atoms with Crippen LogP contribution in [0.5, 0.6) is 11.5 Å². The summed E-state index contributed by atoms with van der Waals surface area (Å²) < 4.78 is 10.8. The molecule has 10 heteroatoms. The molecule has 1 aliphatic rings. The van der Waals surface area contributed by atoms with Gasteiger partial charge in [0.2, 0.25) is 6.79 Å². The number of thiophene rings is 1. The lowest BCUT2D eigenvalue weighted by Crippen LogP contribution is -2.43. The monoisotopic (exact) mass is 559 g/mol. The first-order chi connectivity index (χ1) is 17.9. The first kappa shape index (κ1) is 27.0. The van der Waals surface area contributed by atoms with Crippen molar-refractivity contribution >= 4 is 52.4 Å². The predicted molar refractivity (Wildman–Crippen MR) is 145 cm³/mol. The smallest absolute Gasteiger partial charge is 0.305 e. The number of fused-ring (bicyclic) bond motifs is 1. The van der Waals surface area contributed by atoms with Crippen LogP contribution in [0, 0.1) is 0 Å². The quantitative estimate of drug-likeness (QED) is 0.290. The van der Waals surface area contributed by atoms with E-state index in [1.807, 2.05) is 42.5 Å². The number of thioether (sulfide) groups is 1. The van der Waals surface area contributed by atoms with Crippen LogP contribution in [0.2, 0.25) is 5.02 Å². The van der Waals surface area contributed by atoms with Crippen molar-refractivity contribution in [3.05, 3.63) is 80.5 Å². The average molecular weight is 560 g/mol. The first-order valence-corrected chi connectivity index (χ1v) is 14.1. The number of carboxylic acids is 1. The summed E-state index contributed by atoms with van der Waals surface area (Å²) in [5.41, 5.74) is 2.05. The highest BCUT2D eigenvalue weighted by Crippen LogP contribution is 2.33. The van der Waals surface area contributed by atoms with E-state index in [1.165, 1.54) is 23.1 Å². The fourth-order valence-corrected chi connectivity index (χ4v) is 6.03. The van der Waals surface area contributed by atoms with E-state index >= 15 is 0 Å². The van der Waals surface area contributed by atoms with E-state index in [-0.39, 0.29) is 18.3 Å². The molecule has 0 bridgehead atoms. The normalized spacial score (nSPS) is 12.8. The number of nitrogens with one attached hydrogen (secondary N) is 1. The molecule has 3 aromatic rings. The van der Waals surface area contributed by atoms with E-state index in [0.29, 0.717) is 15.7 Å². The van der Waals surface area contributed by atoms with Crippen LogP contribution in [-0.4, -0.2) is 41.4 Å². The third-order valence-corrected chi connectivity index (χ3v) is 8.26. The van der Waals surface area contributed by atoms with E-state index in [2.05, 4.69) is 5.32 Å². The number of Topliss-reactive ketones (excluding diaryl/α,β-unsaturated/α-hetero) is 1. The number of ether oxygens (including phenoxy) is 2. The molecule has 4 rings (SSSR count). The molecule has 1 atom stereocenters. The second-order valence-electron chi connectivity index (χ2n) is 8.48. The molecule has 37 heavy (non-hydrogen) atoms. The molecule has 0 fully saturated rings. The predicted octanol–water partition coefficient (Wildman–Crippen LogP) is 5.38. The Balaban J connectivity index is 1.27. The Hall–Kier alpha value is -3.01. The van der Waals surface area contributed by atoms with Gasteiger partial charge in [0.15, 0.2) is 17.3 Å². The molecule has 0 saturated heterocycles. The number of hydrogen-bond donors (Lipinski definition) is 2. The summed E-state index contributed by atoms with van der Waals surface area (Å²) in [6.45, 7) is 0.249. The Morgan fingerprint density at radius 2 is 1.86 bits per heavy atom. The lowest BCUT2D eigenvalue weighted by molar-refractivity contribution is -0.139. The molecule has 0 aliphatic carbocycles.